The SMILES string of the molecule is COC(=O)[C@H]1CCCCN1CCCF. The molecular weight excluding hydrogens is 185 g/mol. The van der Waals surface area contributed by atoms with Crippen LogP contribution in [-0.2, 0) is 9.53 Å². The fraction of sp³-hybridized carbons (Fsp3) is 0.900. The molecule has 0 radical (unpaired) electrons. The lowest BCUT2D eigenvalue weighted by Gasteiger charge is -2.33. The number of esters is 1. The highest BCUT2D eigenvalue weighted by atomic mass is 19.1. The summed E-state index contributed by atoms with van der Waals surface area (Å²) in [6.07, 6.45) is 3.51. The lowest BCUT2D eigenvalue weighted by molar-refractivity contribution is -0.148. The van der Waals surface area contributed by atoms with Gasteiger partial charge in [0.2, 0.25) is 0 Å². The summed E-state index contributed by atoms with van der Waals surface area (Å²) in [5.74, 6) is -0.177. The van der Waals surface area contributed by atoms with E-state index in [9.17, 15) is 9.18 Å². The van der Waals surface area contributed by atoms with Crippen molar-refractivity contribution in [2.75, 3.05) is 26.9 Å². The number of methoxy groups -OCH3 is 1. The normalized spacial score (nSPS) is 23.4. The third-order valence-electron chi connectivity index (χ3n) is 2.67. The van der Waals surface area contributed by atoms with Crippen LogP contribution in [0, 0.1) is 0 Å². The van der Waals surface area contributed by atoms with Gasteiger partial charge in [0.05, 0.1) is 13.8 Å². The first-order valence-electron chi connectivity index (χ1n) is 5.17. The number of halogens is 1. The van der Waals surface area contributed by atoms with Crippen molar-refractivity contribution < 1.29 is 13.9 Å². The number of likely N-dealkylation sites (tertiary alicyclic amines) is 1. The van der Waals surface area contributed by atoms with Gasteiger partial charge in [-0.25, -0.2) is 0 Å². The molecule has 0 spiro atoms. The van der Waals surface area contributed by atoms with Crippen molar-refractivity contribution in [1.29, 1.82) is 0 Å². The van der Waals surface area contributed by atoms with Gasteiger partial charge >= 0.3 is 5.97 Å². The lowest BCUT2D eigenvalue weighted by atomic mass is 10.0. The molecule has 0 bridgehead atoms. The van der Waals surface area contributed by atoms with Crippen LogP contribution in [0.15, 0.2) is 0 Å². The van der Waals surface area contributed by atoms with Crippen LogP contribution in [-0.4, -0.2) is 43.8 Å². The maximum Gasteiger partial charge on any atom is 0.323 e. The van der Waals surface area contributed by atoms with Gasteiger partial charge in [0.1, 0.15) is 6.04 Å². The van der Waals surface area contributed by atoms with Gasteiger partial charge in [0.15, 0.2) is 0 Å². The van der Waals surface area contributed by atoms with Crippen LogP contribution < -0.4 is 0 Å². The summed E-state index contributed by atoms with van der Waals surface area (Å²) in [6.45, 7) is 1.24. The number of rotatable bonds is 4. The number of hydrogen-bond donors (Lipinski definition) is 0. The summed E-state index contributed by atoms with van der Waals surface area (Å²) in [5, 5.41) is 0. The zero-order valence-corrected chi connectivity index (χ0v) is 8.67. The minimum atomic E-state index is -0.315. The molecule has 0 unspecified atom stereocenters. The Morgan fingerprint density at radius 2 is 2.36 bits per heavy atom. The number of nitrogens with zero attached hydrogens (tertiary/aromatic N) is 1. The molecule has 1 rings (SSSR count). The molecule has 0 amide bonds. The van der Waals surface area contributed by atoms with Crippen LogP contribution in [0.1, 0.15) is 25.7 Å². The number of carbonyl (C=O) groups is 1. The molecule has 1 atom stereocenters. The Morgan fingerprint density at radius 3 is 3.00 bits per heavy atom. The topological polar surface area (TPSA) is 29.5 Å². The van der Waals surface area contributed by atoms with Gasteiger partial charge in [-0.3, -0.25) is 14.1 Å². The van der Waals surface area contributed by atoms with Crippen LogP contribution in [0.4, 0.5) is 4.39 Å². The molecule has 1 heterocycles. The molecule has 14 heavy (non-hydrogen) atoms. The highest BCUT2D eigenvalue weighted by molar-refractivity contribution is 5.75. The van der Waals surface area contributed by atoms with E-state index in [1.54, 1.807) is 0 Å². The maximum atomic E-state index is 12.0. The van der Waals surface area contributed by atoms with Crippen molar-refractivity contribution in [2.24, 2.45) is 0 Å². The Balaban J connectivity index is 2.45. The second-order valence-corrected chi connectivity index (χ2v) is 3.61. The zero-order chi connectivity index (χ0) is 10.4. The highest BCUT2D eigenvalue weighted by Crippen LogP contribution is 2.18. The number of carbonyl (C=O) groups excluding carboxylic acids is 1. The molecule has 1 fully saturated rings. The largest absolute Gasteiger partial charge is 0.468 e. The zero-order valence-electron chi connectivity index (χ0n) is 8.67. The monoisotopic (exact) mass is 203 g/mol. The van der Waals surface area contributed by atoms with Crippen molar-refractivity contribution in [3.63, 3.8) is 0 Å². The predicted molar refractivity (Wildman–Crippen MR) is 51.8 cm³/mol. The van der Waals surface area contributed by atoms with Crippen LogP contribution >= 0.6 is 0 Å². The quantitative estimate of drug-likeness (QED) is 0.646. The molecule has 1 aliphatic heterocycles. The third kappa shape index (κ3) is 2.94. The van der Waals surface area contributed by atoms with E-state index < -0.39 is 0 Å². The van der Waals surface area contributed by atoms with Gasteiger partial charge in [0.25, 0.3) is 0 Å². The van der Waals surface area contributed by atoms with E-state index in [2.05, 4.69) is 0 Å². The van der Waals surface area contributed by atoms with Crippen molar-refractivity contribution in [3.05, 3.63) is 0 Å². The number of piperidine rings is 1. The van der Waals surface area contributed by atoms with Crippen molar-refractivity contribution in [1.82, 2.24) is 4.90 Å². The Kier molecular flexibility index (Phi) is 4.87. The van der Waals surface area contributed by atoms with Crippen LogP contribution in [0.25, 0.3) is 0 Å². The summed E-state index contributed by atoms with van der Waals surface area (Å²) < 4.78 is 16.7. The van der Waals surface area contributed by atoms with E-state index in [0.717, 1.165) is 25.8 Å². The van der Waals surface area contributed by atoms with Crippen LogP contribution in [0.2, 0.25) is 0 Å². The summed E-state index contributed by atoms with van der Waals surface area (Å²) in [6, 6.07) is -0.139. The fourth-order valence-electron chi connectivity index (χ4n) is 1.92. The smallest absolute Gasteiger partial charge is 0.323 e. The van der Waals surface area contributed by atoms with E-state index in [1.165, 1.54) is 7.11 Å². The highest BCUT2D eigenvalue weighted by Gasteiger charge is 2.28. The van der Waals surface area contributed by atoms with Gasteiger partial charge in [-0.1, -0.05) is 6.42 Å². The number of alkyl halides is 1. The molecule has 0 aromatic rings. The molecule has 3 nitrogen and oxygen atoms in total. The van der Waals surface area contributed by atoms with Crippen molar-refractivity contribution in [3.8, 4) is 0 Å². The van der Waals surface area contributed by atoms with Gasteiger partial charge in [-0.15, -0.1) is 0 Å². The lowest BCUT2D eigenvalue weighted by Crippen LogP contribution is -2.45. The maximum absolute atomic E-state index is 12.0. The first kappa shape index (κ1) is 11.4. The number of hydrogen-bond acceptors (Lipinski definition) is 3. The van der Waals surface area contributed by atoms with E-state index in [4.69, 9.17) is 4.74 Å². The molecular formula is C10H18FNO2. The van der Waals surface area contributed by atoms with E-state index >= 15 is 0 Å². The standard InChI is InChI=1S/C10H18FNO2/c1-14-10(13)9-5-2-3-7-12(9)8-4-6-11/h9H,2-8H2,1H3/t9-/m1/s1. The number of ether oxygens (including phenoxy) is 1. The molecule has 4 heteroatoms. The Bertz CT molecular complexity index is 187. The first-order chi connectivity index (χ1) is 6.79. The molecule has 1 saturated heterocycles. The summed E-state index contributed by atoms with van der Waals surface area (Å²) in [4.78, 5) is 13.4. The second-order valence-electron chi connectivity index (χ2n) is 3.61. The van der Waals surface area contributed by atoms with Gasteiger partial charge in [0, 0.05) is 6.54 Å². The molecule has 0 saturated carbocycles. The van der Waals surface area contributed by atoms with Crippen molar-refractivity contribution in [2.45, 2.75) is 31.7 Å². The Morgan fingerprint density at radius 1 is 1.57 bits per heavy atom. The fourth-order valence-corrected chi connectivity index (χ4v) is 1.92. The van der Waals surface area contributed by atoms with E-state index in [-0.39, 0.29) is 18.7 Å². The van der Waals surface area contributed by atoms with Gasteiger partial charge in [-0.2, -0.15) is 0 Å². The first-order valence-corrected chi connectivity index (χ1v) is 5.17. The molecule has 0 aromatic carbocycles. The average Bonchev–Trinajstić information content (AvgIpc) is 2.25. The van der Waals surface area contributed by atoms with E-state index in [1.807, 2.05) is 4.90 Å². The third-order valence-corrected chi connectivity index (χ3v) is 2.67. The molecule has 1 aliphatic rings. The molecule has 0 N–H and O–H groups in total. The van der Waals surface area contributed by atoms with E-state index in [0.29, 0.717) is 13.0 Å². The predicted octanol–water partition coefficient (Wildman–Crippen LogP) is 1.37. The Hall–Kier alpha value is -0.640. The van der Waals surface area contributed by atoms with Crippen LogP contribution in [0.3, 0.4) is 0 Å². The molecule has 0 aliphatic carbocycles. The van der Waals surface area contributed by atoms with Crippen molar-refractivity contribution >= 4 is 5.97 Å². The van der Waals surface area contributed by atoms with Gasteiger partial charge < -0.3 is 4.74 Å². The summed E-state index contributed by atoms with van der Waals surface area (Å²) in [7, 11) is 1.41. The second kappa shape index (κ2) is 5.96. The molecule has 82 valence electrons. The van der Waals surface area contributed by atoms with Crippen LogP contribution in [0.5, 0.6) is 0 Å². The minimum Gasteiger partial charge on any atom is -0.468 e. The Labute approximate surface area is 84.2 Å². The minimum absolute atomic E-state index is 0.139. The summed E-state index contributed by atoms with van der Waals surface area (Å²) in [5.41, 5.74) is 0. The average molecular weight is 203 g/mol. The van der Waals surface area contributed by atoms with Gasteiger partial charge in [-0.05, 0) is 25.8 Å². The molecule has 0 aromatic heterocycles. The summed E-state index contributed by atoms with van der Waals surface area (Å²) >= 11 is 0.